The number of nitrogens with zero attached hydrogens (tertiary/aromatic N) is 1. The van der Waals surface area contributed by atoms with Crippen LogP contribution in [0.25, 0.3) is 0 Å². The van der Waals surface area contributed by atoms with Crippen molar-refractivity contribution in [1.82, 2.24) is 0 Å². The molecule has 0 unspecified atom stereocenters. The molecule has 0 saturated carbocycles. The van der Waals surface area contributed by atoms with Crippen molar-refractivity contribution in [3.05, 3.63) is 10.1 Å². The van der Waals surface area contributed by atoms with Gasteiger partial charge < -0.3 is 5.21 Å². The van der Waals surface area contributed by atoms with E-state index in [0.29, 0.717) is 0 Å². The third-order valence-corrected chi connectivity index (χ3v) is 0. The Hall–Kier alpha value is -1.01. The first-order valence-corrected chi connectivity index (χ1v) is 2.86. The monoisotopic (exact) mass is 195 g/mol. The standard InChI is InChI=1S/HNO3.H2O4S.H2O2/c2-1(3)4;1-5(2,3)4;1-2/h(H,2,3,4);(H2,1,2,3,4);1-2H. The van der Waals surface area contributed by atoms with Crippen LogP contribution in [-0.4, -0.2) is 38.3 Å². The zero-order valence-electron chi connectivity index (χ0n) is 4.72. The van der Waals surface area contributed by atoms with E-state index in [1.165, 1.54) is 0 Å². The highest BCUT2D eigenvalue weighted by Crippen LogP contribution is 1.59. The Balaban J connectivity index is -0.0000000965. The lowest BCUT2D eigenvalue weighted by Crippen LogP contribution is -1.89. The summed E-state index contributed by atoms with van der Waals surface area (Å²) in [6.45, 7) is 0. The van der Waals surface area contributed by atoms with Gasteiger partial charge in [0.05, 0.1) is 0 Å². The van der Waals surface area contributed by atoms with Crippen LogP contribution in [0.5, 0.6) is 0 Å². The topological polar surface area (TPSA) is 178 Å². The molecule has 0 aromatic rings. The van der Waals surface area contributed by atoms with Gasteiger partial charge in [-0.05, 0) is 0 Å². The second-order valence-corrected chi connectivity index (χ2v) is 1.58. The van der Waals surface area contributed by atoms with Gasteiger partial charge in [-0.3, -0.25) is 19.6 Å². The fraction of sp³-hybridized carbons (Fsp3) is 0. The van der Waals surface area contributed by atoms with Crippen LogP contribution in [0.15, 0.2) is 0 Å². The van der Waals surface area contributed by atoms with Gasteiger partial charge in [0, 0.05) is 0 Å². The predicted molar refractivity (Wildman–Crippen MR) is 28.2 cm³/mol. The Morgan fingerprint density at radius 1 is 1.18 bits per heavy atom. The summed E-state index contributed by atoms with van der Waals surface area (Å²) in [5.41, 5.74) is 0. The molecule has 0 amide bonds. The molecule has 0 spiro atoms. The normalized spacial score (nSPS) is 8.00. The molecule has 0 fully saturated rings. The molecule has 0 aliphatic carbocycles. The van der Waals surface area contributed by atoms with E-state index in [1.807, 2.05) is 0 Å². The lowest BCUT2D eigenvalue weighted by atomic mass is 13.1. The van der Waals surface area contributed by atoms with Gasteiger partial charge in [-0.15, -0.1) is 10.1 Å². The third-order valence-electron chi connectivity index (χ3n) is 0. The summed E-state index contributed by atoms with van der Waals surface area (Å²) in [5, 5.41) is 25.6. The molecule has 5 N–H and O–H groups in total. The molecule has 0 aliphatic rings. The van der Waals surface area contributed by atoms with Crippen LogP contribution < -0.4 is 0 Å². The molecule has 0 heterocycles. The molecule has 0 bridgehead atoms. The van der Waals surface area contributed by atoms with E-state index in [2.05, 4.69) is 0 Å². The lowest BCUT2D eigenvalue weighted by Gasteiger charge is -1.68. The fourth-order valence-electron chi connectivity index (χ4n) is 0. The summed E-state index contributed by atoms with van der Waals surface area (Å²) in [7, 11) is -4.67. The maximum absolute atomic E-state index is 8.74. The first-order valence-electron chi connectivity index (χ1n) is 1.46. The van der Waals surface area contributed by atoms with Crippen molar-refractivity contribution in [2.75, 3.05) is 0 Å². The van der Waals surface area contributed by atoms with Gasteiger partial charge in [-0.25, -0.2) is 0 Å². The molecule has 0 aromatic carbocycles. The molecular weight excluding hydrogens is 190 g/mol. The number of rotatable bonds is 0. The number of hydrogen-bond donors (Lipinski definition) is 5. The summed E-state index contributed by atoms with van der Waals surface area (Å²) in [5.74, 6) is 0. The van der Waals surface area contributed by atoms with E-state index in [-0.39, 0.29) is 0 Å². The zero-order chi connectivity index (χ0) is 10.1. The maximum Gasteiger partial charge on any atom is 0.394 e. The fourth-order valence-corrected chi connectivity index (χ4v) is 0. The van der Waals surface area contributed by atoms with Gasteiger partial charge in [0.25, 0.3) is 5.09 Å². The van der Waals surface area contributed by atoms with Crippen LogP contribution in [0, 0.1) is 10.1 Å². The minimum Gasteiger partial charge on any atom is -0.328 e. The van der Waals surface area contributed by atoms with E-state index in [1.54, 1.807) is 0 Å². The molecule has 11 heteroatoms. The van der Waals surface area contributed by atoms with E-state index in [9.17, 15) is 0 Å². The molecule has 0 atom stereocenters. The van der Waals surface area contributed by atoms with Gasteiger partial charge in [0.15, 0.2) is 0 Å². The van der Waals surface area contributed by atoms with Gasteiger partial charge in [-0.2, -0.15) is 8.42 Å². The van der Waals surface area contributed by atoms with Crippen molar-refractivity contribution in [3.8, 4) is 0 Å². The Labute approximate surface area is 59.9 Å². The van der Waals surface area contributed by atoms with Crippen molar-refractivity contribution < 1.29 is 38.3 Å². The first kappa shape index (κ1) is 16.5. The maximum atomic E-state index is 8.74. The first-order chi connectivity index (χ1) is 4.73. The van der Waals surface area contributed by atoms with Gasteiger partial charge >= 0.3 is 10.4 Å². The average molecular weight is 195 g/mol. The Bertz CT molecular complexity index is 152. The molecule has 0 saturated heterocycles. The molecular formula is H5NO9S. The van der Waals surface area contributed by atoms with Crippen molar-refractivity contribution in [3.63, 3.8) is 0 Å². The van der Waals surface area contributed by atoms with Crippen molar-refractivity contribution in [2.24, 2.45) is 0 Å². The molecule has 0 aromatic heterocycles. The third kappa shape index (κ3) is 431. The molecule has 70 valence electrons. The lowest BCUT2D eigenvalue weighted by molar-refractivity contribution is -0.742. The summed E-state index contributed by atoms with van der Waals surface area (Å²) < 4.78 is 31.6. The second-order valence-electron chi connectivity index (χ2n) is 0.686. The van der Waals surface area contributed by atoms with Crippen molar-refractivity contribution >= 4 is 10.4 Å². The summed E-state index contributed by atoms with van der Waals surface area (Å²) in [6, 6.07) is 0. The highest BCUT2D eigenvalue weighted by Gasteiger charge is 1.84. The van der Waals surface area contributed by atoms with Crippen LogP contribution in [0.3, 0.4) is 0 Å². The largest absolute Gasteiger partial charge is 0.394 e. The van der Waals surface area contributed by atoms with Crippen molar-refractivity contribution in [2.45, 2.75) is 0 Å². The molecule has 0 aliphatic heterocycles. The smallest absolute Gasteiger partial charge is 0.328 e. The summed E-state index contributed by atoms with van der Waals surface area (Å²) in [6.07, 6.45) is 0. The van der Waals surface area contributed by atoms with Gasteiger partial charge in [0.2, 0.25) is 0 Å². The molecule has 0 rings (SSSR count). The van der Waals surface area contributed by atoms with E-state index in [4.69, 9.17) is 43.4 Å². The zero-order valence-corrected chi connectivity index (χ0v) is 5.54. The highest BCUT2D eigenvalue weighted by atomic mass is 32.3. The Morgan fingerprint density at radius 3 is 1.18 bits per heavy atom. The molecule has 11 heavy (non-hydrogen) atoms. The quantitative estimate of drug-likeness (QED) is 0.140. The van der Waals surface area contributed by atoms with Crippen LogP contribution in [0.4, 0.5) is 0 Å². The second kappa shape index (κ2) is 8.99. The highest BCUT2D eigenvalue weighted by molar-refractivity contribution is 7.79. The van der Waals surface area contributed by atoms with E-state index in [0.717, 1.165) is 0 Å². The van der Waals surface area contributed by atoms with Crippen LogP contribution >= 0.6 is 0 Å². The van der Waals surface area contributed by atoms with Gasteiger partial charge in [-0.1, -0.05) is 0 Å². The SMILES string of the molecule is O=S(=O)(O)O.O=[N+]([O-])O.OO. The van der Waals surface area contributed by atoms with Crippen LogP contribution in [0.1, 0.15) is 0 Å². The Kier molecular flexibility index (Phi) is 13.5. The van der Waals surface area contributed by atoms with E-state index >= 15 is 0 Å². The van der Waals surface area contributed by atoms with E-state index < -0.39 is 15.5 Å². The van der Waals surface area contributed by atoms with Crippen LogP contribution in [0.2, 0.25) is 0 Å². The minimum absolute atomic E-state index is 1.50. The number of hydrogen-bond acceptors (Lipinski definition) is 6. The average Bonchev–Trinajstić information content (AvgIpc) is 1.63. The molecule has 10 nitrogen and oxygen atoms in total. The summed E-state index contributed by atoms with van der Waals surface area (Å²) >= 11 is 0. The van der Waals surface area contributed by atoms with Crippen molar-refractivity contribution in [1.29, 1.82) is 0 Å². The van der Waals surface area contributed by atoms with Crippen LogP contribution in [-0.2, 0) is 10.4 Å². The predicted octanol–water partition coefficient (Wildman–Crippen LogP) is -0.983. The Morgan fingerprint density at radius 2 is 1.18 bits per heavy atom. The molecule has 0 radical (unpaired) electrons. The minimum atomic E-state index is -4.67. The summed E-state index contributed by atoms with van der Waals surface area (Å²) in [4.78, 5) is 8.36. The van der Waals surface area contributed by atoms with Gasteiger partial charge in [0.1, 0.15) is 0 Å².